The monoisotopic (exact) mass is 356 g/mol. The number of methoxy groups -OCH3 is 2. The van der Waals surface area contributed by atoms with E-state index in [2.05, 4.69) is 5.32 Å². The van der Waals surface area contributed by atoms with Crippen molar-refractivity contribution >= 4 is 27.3 Å². The highest BCUT2D eigenvalue weighted by molar-refractivity contribution is 7.89. The van der Waals surface area contributed by atoms with Crippen LogP contribution in [0.4, 0.5) is 5.69 Å². The van der Waals surface area contributed by atoms with Gasteiger partial charge in [-0.1, -0.05) is 11.6 Å². The van der Waals surface area contributed by atoms with Crippen molar-refractivity contribution in [1.82, 2.24) is 0 Å². The van der Waals surface area contributed by atoms with Gasteiger partial charge in [-0.25, -0.2) is 13.6 Å². The maximum Gasteiger partial charge on any atom is 0.238 e. The fourth-order valence-electron chi connectivity index (χ4n) is 2.04. The lowest BCUT2D eigenvalue weighted by atomic mass is 10.2. The van der Waals surface area contributed by atoms with Crippen LogP contribution in [-0.4, -0.2) is 22.6 Å². The molecule has 124 valence electrons. The van der Waals surface area contributed by atoms with Gasteiger partial charge in [0.1, 0.15) is 0 Å². The number of anilines is 1. The third-order valence-electron chi connectivity index (χ3n) is 3.17. The van der Waals surface area contributed by atoms with Gasteiger partial charge in [-0.2, -0.15) is 0 Å². The number of primary sulfonamides is 1. The Bertz CT molecular complexity index is 792. The summed E-state index contributed by atoms with van der Waals surface area (Å²) in [4.78, 5) is 0.0669. The largest absolute Gasteiger partial charge is 0.493 e. The molecule has 8 heteroatoms. The Balaban J connectivity index is 2.13. The Kier molecular flexibility index (Phi) is 5.35. The van der Waals surface area contributed by atoms with E-state index in [0.717, 1.165) is 11.3 Å². The first-order chi connectivity index (χ1) is 10.8. The summed E-state index contributed by atoms with van der Waals surface area (Å²) < 4.78 is 32.8. The predicted molar refractivity (Wildman–Crippen MR) is 89.7 cm³/mol. The lowest BCUT2D eigenvalue weighted by Gasteiger charge is -2.13. The molecule has 0 aliphatic rings. The van der Waals surface area contributed by atoms with Gasteiger partial charge in [-0.05, 0) is 42.0 Å². The Hall–Kier alpha value is -1.96. The Morgan fingerprint density at radius 3 is 2.30 bits per heavy atom. The number of hydrogen-bond acceptors (Lipinski definition) is 5. The van der Waals surface area contributed by atoms with Crippen LogP contribution in [0.5, 0.6) is 11.5 Å². The van der Waals surface area contributed by atoms with E-state index in [1.807, 2.05) is 6.07 Å². The first-order valence-electron chi connectivity index (χ1n) is 6.62. The average Bonchev–Trinajstić information content (AvgIpc) is 2.51. The van der Waals surface area contributed by atoms with E-state index in [1.165, 1.54) is 26.4 Å². The van der Waals surface area contributed by atoms with Crippen molar-refractivity contribution in [1.29, 1.82) is 0 Å². The predicted octanol–water partition coefficient (Wildman–Crippen LogP) is 2.62. The van der Waals surface area contributed by atoms with Gasteiger partial charge < -0.3 is 14.8 Å². The van der Waals surface area contributed by atoms with Crippen LogP contribution >= 0.6 is 11.6 Å². The van der Waals surface area contributed by atoms with E-state index >= 15 is 0 Å². The molecule has 0 unspecified atom stereocenters. The van der Waals surface area contributed by atoms with Crippen molar-refractivity contribution in [2.24, 2.45) is 5.14 Å². The molecular weight excluding hydrogens is 340 g/mol. The fourth-order valence-corrected chi connectivity index (χ4v) is 2.87. The molecule has 2 aromatic rings. The summed E-state index contributed by atoms with van der Waals surface area (Å²) in [6, 6.07) is 9.76. The van der Waals surface area contributed by atoms with Crippen molar-refractivity contribution in [3.63, 3.8) is 0 Å². The number of benzene rings is 2. The highest BCUT2D eigenvalue weighted by atomic mass is 35.5. The molecule has 0 saturated heterocycles. The quantitative estimate of drug-likeness (QED) is 0.830. The van der Waals surface area contributed by atoms with Gasteiger partial charge in [0, 0.05) is 12.2 Å². The molecule has 0 atom stereocenters. The van der Waals surface area contributed by atoms with Crippen LogP contribution in [0, 0.1) is 0 Å². The second-order valence-corrected chi connectivity index (χ2v) is 6.70. The minimum absolute atomic E-state index is 0.0669. The lowest BCUT2D eigenvalue weighted by Crippen LogP contribution is -2.12. The molecule has 0 aliphatic heterocycles. The average molecular weight is 357 g/mol. The summed E-state index contributed by atoms with van der Waals surface area (Å²) in [6.07, 6.45) is 0. The van der Waals surface area contributed by atoms with Crippen LogP contribution in [0.3, 0.4) is 0 Å². The van der Waals surface area contributed by atoms with Crippen LogP contribution in [0.2, 0.25) is 5.02 Å². The molecule has 0 amide bonds. The van der Waals surface area contributed by atoms with E-state index in [1.54, 1.807) is 18.2 Å². The third kappa shape index (κ3) is 4.28. The summed E-state index contributed by atoms with van der Waals surface area (Å²) >= 11 is 6.15. The summed E-state index contributed by atoms with van der Waals surface area (Å²) in [5.41, 5.74) is 1.64. The Morgan fingerprint density at radius 1 is 1.13 bits per heavy atom. The highest BCUT2D eigenvalue weighted by Crippen LogP contribution is 2.36. The van der Waals surface area contributed by atoms with E-state index in [-0.39, 0.29) is 4.90 Å². The van der Waals surface area contributed by atoms with Crippen LogP contribution in [0.25, 0.3) is 0 Å². The van der Waals surface area contributed by atoms with Gasteiger partial charge in [0.05, 0.1) is 24.1 Å². The Labute approximate surface area is 140 Å². The zero-order chi connectivity index (χ0) is 17.0. The van der Waals surface area contributed by atoms with Crippen molar-refractivity contribution in [3.8, 4) is 11.5 Å². The lowest BCUT2D eigenvalue weighted by molar-refractivity contribution is 0.355. The van der Waals surface area contributed by atoms with E-state index < -0.39 is 10.0 Å². The second kappa shape index (κ2) is 7.08. The maximum absolute atomic E-state index is 11.2. The van der Waals surface area contributed by atoms with Crippen LogP contribution in [0.1, 0.15) is 5.56 Å². The molecular formula is C15H17ClN2O4S. The third-order valence-corrected chi connectivity index (χ3v) is 4.38. The van der Waals surface area contributed by atoms with Gasteiger partial charge in [0.25, 0.3) is 0 Å². The van der Waals surface area contributed by atoms with Gasteiger partial charge in [-0.3, -0.25) is 0 Å². The standard InChI is InChI=1S/C15H17ClN2O4S/c1-21-14-8-10(7-13(16)15(14)22-2)9-18-11-3-5-12(6-4-11)23(17,19)20/h3-8,18H,9H2,1-2H3,(H2,17,19,20). The van der Waals surface area contributed by atoms with Gasteiger partial charge in [0.15, 0.2) is 11.5 Å². The molecule has 0 spiro atoms. The second-order valence-electron chi connectivity index (χ2n) is 4.74. The number of rotatable bonds is 6. The summed E-state index contributed by atoms with van der Waals surface area (Å²) in [7, 11) is -0.623. The number of hydrogen-bond donors (Lipinski definition) is 2. The number of nitrogens with two attached hydrogens (primary N) is 1. The molecule has 3 N–H and O–H groups in total. The van der Waals surface area contributed by atoms with E-state index in [0.29, 0.717) is 23.1 Å². The molecule has 2 aromatic carbocycles. The molecule has 6 nitrogen and oxygen atoms in total. The van der Waals surface area contributed by atoms with Gasteiger partial charge in [-0.15, -0.1) is 0 Å². The molecule has 23 heavy (non-hydrogen) atoms. The summed E-state index contributed by atoms with van der Waals surface area (Å²) in [5, 5.41) is 8.68. The molecule has 0 bridgehead atoms. The number of halogens is 1. The maximum atomic E-state index is 11.2. The fraction of sp³-hybridized carbons (Fsp3) is 0.200. The zero-order valence-corrected chi connectivity index (χ0v) is 14.2. The Morgan fingerprint density at radius 2 is 1.78 bits per heavy atom. The number of ether oxygens (including phenoxy) is 2. The SMILES string of the molecule is COc1cc(CNc2ccc(S(N)(=O)=O)cc2)cc(Cl)c1OC. The number of sulfonamides is 1. The smallest absolute Gasteiger partial charge is 0.238 e. The molecule has 0 heterocycles. The zero-order valence-electron chi connectivity index (χ0n) is 12.7. The van der Waals surface area contributed by atoms with Gasteiger partial charge >= 0.3 is 0 Å². The van der Waals surface area contributed by atoms with Gasteiger partial charge in [0.2, 0.25) is 10.0 Å². The van der Waals surface area contributed by atoms with E-state index in [4.69, 9.17) is 26.2 Å². The highest BCUT2D eigenvalue weighted by Gasteiger charge is 2.11. The minimum Gasteiger partial charge on any atom is -0.493 e. The van der Waals surface area contributed by atoms with Crippen molar-refractivity contribution in [2.75, 3.05) is 19.5 Å². The van der Waals surface area contributed by atoms with Crippen molar-refractivity contribution < 1.29 is 17.9 Å². The van der Waals surface area contributed by atoms with Crippen LogP contribution in [0.15, 0.2) is 41.3 Å². The molecule has 0 saturated carbocycles. The van der Waals surface area contributed by atoms with E-state index in [9.17, 15) is 8.42 Å². The first kappa shape index (κ1) is 17.4. The van der Waals surface area contributed by atoms with Crippen LogP contribution in [-0.2, 0) is 16.6 Å². The molecule has 0 fully saturated rings. The number of nitrogens with one attached hydrogen (secondary N) is 1. The normalized spacial score (nSPS) is 11.1. The molecule has 0 aromatic heterocycles. The minimum atomic E-state index is -3.68. The van der Waals surface area contributed by atoms with Crippen molar-refractivity contribution in [2.45, 2.75) is 11.4 Å². The topological polar surface area (TPSA) is 90.6 Å². The summed E-state index contributed by atoms with van der Waals surface area (Å²) in [5.74, 6) is 1.02. The molecule has 0 aliphatic carbocycles. The first-order valence-corrected chi connectivity index (χ1v) is 8.54. The molecule has 0 radical (unpaired) electrons. The van der Waals surface area contributed by atoms with Crippen LogP contribution < -0.4 is 19.9 Å². The molecule has 2 rings (SSSR count). The summed E-state index contributed by atoms with van der Waals surface area (Å²) in [6.45, 7) is 0.481. The van der Waals surface area contributed by atoms with Crippen molar-refractivity contribution in [3.05, 3.63) is 47.0 Å².